The lowest BCUT2D eigenvalue weighted by Crippen LogP contribution is -2.44. The number of ether oxygens (including phenoxy) is 1. The summed E-state index contributed by atoms with van der Waals surface area (Å²) < 4.78 is 5.14. The quantitative estimate of drug-likeness (QED) is 0.631. The van der Waals surface area contributed by atoms with Crippen LogP contribution >= 0.6 is 0 Å². The Morgan fingerprint density at radius 3 is 2.54 bits per heavy atom. The first-order valence-corrected chi connectivity index (χ1v) is 8.32. The fraction of sp³-hybridized carbons (Fsp3) is 0.200. The van der Waals surface area contributed by atoms with E-state index in [2.05, 4.69) is 10.3 Å². The van der Waals surface area contributed by atoms with Gasteiger partial charge in [0.15, 0.2) is 0 Å². The molecule has 1 heterocycles. The number of aromatic amines is 1. The first-order chi connectivity index (χ1) is 12.6. The van der Waals surface area contributed by atoms with Crippen LogP contribution in [0.2, 0.25) is 0 Å². The van der Waals surface area contributed by atoms with Crippen molar-refractivity contribution in [2.75, 3.05) is 0 Å². The van der Waals surface area contributed by atoms with Gasteiger partial charge in [-0.2, -0.15) is 0 Å². The van der Waals surface area contributed by atoms with Crippen molar-refractivity contribution in [1.82, 2.24) is 10.3 Å². The topological polar surface area (TPSA) is 91.4 Å². The Morgan fingerprint density at radius 2 is 1.81 bits per heavy atom. The first-order valence-electron chi connectivity index (χ1n) is 8.32. The molecule has 0 spiro atoms. The molecular weight excluding hydrogens is 332 g/mol. The number of aromatic nitrogens is 1. The molecule has 1 aromatic heterocycles. The number of nitrogens with one attached hydrogen (secondary N) is 2. The average Bonchev–Trinajstić information content (AvgIpc) is 3.08. The second-order valence-electron chi connectivity index (χ2n) is 6.10. The van der Waals surface area contributed by atoms with E-state index in [0.29, 0.717) is 0 Å². The van der Waals surface area contributed by atoms with E-state index in [1.54, 1.807) is 13.1 Å². The molecule has 0 aliphatic heterocycles. The Kier molecular flexibility index (Phi) is 5.22. The van der Waals surface area contributed by atoms with Crippen molar-refractivity contribution in [2.24, 2.45) is 0 Å². The van der Waals surface area contributed by atoms with Crippen LogP contribution in [0.25, 0.3) is 10.9 Å². The molecule has 3 N–H and O–H groups in total. The molecule has 0 saturated carbocycles. The molecule has 26 heavy (non-hydrogen) atoms. The van der Waals surface area contributed by atoms with Crippen LogP contribution < -0.4 is 5.32 Å². The summed E-state index contributed by atoms with van der Waals surface area (Å²) in [6.07, 6.45) is 1.02. The highest BCUT2D eigenvalue weighted by molar-refractivity contribution is 5.86. The Morgan fingerprint density at radius 1 is 1.12 bits per heavy atom. The van der Waals surface area contributed by atoms with Gasteiger partial charge in [0, 0.05) is 23.0 Å². The van der Waals surface area contributed by atoms with E-state index in [9.17, 15) is 14.7 Å². The molecule has 0 aliphatic carbocycles. The number of alkyl carbamates (subject to hydrolysis) is 1. The number of amides is 1. The molecule has 2 aromatic carbocycles. The summed E-state index contributed by atoms with van der Waals surface area (Å²) in [6, 6.07) is 15.8. The molecule has 2 atom stereocenters. The maximum atomic E-state index is 12.1. The van der Waals surface area contributed by atoms with Crippen molar-refractivity contribution in [3.8, 4) is 0 Å². The molecule has 0 fully saturated rings. The van der Waals surface area contributed by atoms with Gasteiger partial charge in [-0.25, -0.2) is 9.59 Å². The summed E-state index contributed by atoms with van der Waals surface area (Å²) in [5.41, 5.74) is 2.58. The third kappa shape index (κ3) is 3.85. The first kappa shape index (κ1) is 17.5. The Hall–Kier alpha value is -3.28. The molecule has 0 aliphatic rings. The fourth-order valence-electron chi connectivity index (χ4n) is 2.94. The number of hydrogen-bond donors (Lipinski definition) is 3. The van der Waals surface area contributed by atoms with E-state index in [1.165, 1.54) is 0 Å². The molecule has 1 amide bonds. The van der Waals surface area contributed by atoms with Gasteiger partial charge in [0.2, 0.25) is 0 Å². The van der Waals surface area contributed by atoms with Crippen molar-refractivity contribution in [3.05, 3.63) is 71.9 Å². The second-order valence-corrected chi connectivity index (χ2v) is 6.10. The molecule has 0 radical (unpaired) electrons. The summed E-state index contributed by atoms with van der Waals surface area (Å²) in [7, 11) is 0. The van der Waals surface area contributed by atoms with Crippen molar-refractivity contribution >= 4 is 23.0 Å². The molecule has 0 bridgehead atoms. The lowest BCUT2D eigenvalue weighted by atomic mass is 9.93. The lowest BCUT2D eigenvalue weighted by Gasteiger charge is -2.21. The zero-order chi connectivity index (χ0) is 18.5. The van der Waals surface area contributed by atoms with Crippen LogP contribution in [-0.2, 0) is 16.1 Å². The summed E-state index contributed by atoms with van der Waals surface area (Å²) in [4.78, 5) is 26.9. The average molecular weight is 352 g/mol. The number of rotatable bonds is 6. The Bertz CT molecular complexity index is 904. The minimum absolute atomic E-state index is 0.0838. The fourth-order valence-corrected chi connectivity index (χ4v) is 2.94. The molecule has 134 valence electrons. The maximum absolute atomic E-state index is 12.1. The van der Waals surface area contributed by atoms with Gasteiger partial charge in [-0.1, -0.05) is 55.5 Å². The van der Waals surface area contributed by atoms with E-state index < -0.39 is 24.0 Å². The van der Waals surface area contributed by atoms with Crippen LogP contribution in [0.4, 0.5) is 4.79 Å². The van der Waals surface area contributed by atoms with Gasteiger partial charge >= 0.3 is 12.1 Å². The monoisotopic (exact) mass is 352 g/mol. The molecule has 3 aromatic rings. The Balaban J connectivity index is 1.70. The van der Waals surface area contributed by atoms with Gasteiger partial charge in [-0.15, -0.1) is 0 Å². The standard InChI is InChI=1S/C20H20N2O4/c1-13(16-11-21-17-10-6-5-9-15(16)17)18(19(23)24)22-20(25)26-12-14-7-3-2-4-8-14/h2-11,13,18,21H,12H2,1H3,(H,22,25)(H,23,24)/t13?,18-/m0/s1. The predicted molar refractivity (Wildman–Crippen MR) is 97.9 cm³/mol. The molecule has 0 saturated heterocycles. The molecule has 6 nitrogen and oxygen atoms in total. The number of fused-ring (bicyclic) bond motifs is 1. The number of carboxylic acids is 1. The largest absolute Gasteiger partial charge is 0.480 e. The smallest absolute Gasteiger partial charge is 0.408 e. The number of carbonyl (C=O) groups excluding carboxylic acids is 1. The summed E-state index contributed by atoms with van der Waals surface area (Å²) in [6.45, 7) is 1.85. The van der Waals surface area contributed by atoms with Crippen molar-refractivity contribution in [1.29, 1.82) is 0 Å². The van der Waals surface area contributed by atoms with Crippen molar-refractivity contribution in [2.45, 2.75) is 25.5 Å². The van der Waals surface area contributed by atoms with Crippen LogP contribution in [0.1, 0.15) is 24.0 Å². The van der Waals surface area contributed by atoms with Gasteiger partial charge in [-0.3, -0.25) is 0 Å². The van der Waals surface area contributed by atoms with Gasteiger partial charge in [0.1, 0.15) is 12.6 Å². The van der Waals surface area contributed by atoms with E-state index >= 15 is 0 Å². The van der Waals surface area contributed by atoms with Gasteiger partial charge in [0.05, 0.1) is 0 Å². The van der Waals surface area contributed by atoms with Crippen LogP contribution in [0.5, 0.6) is 0 Å². The van der Waals surface area contributed by atoms with Crippen LogP contribution in [-0.4, -0.2) is 28.2 Å². The summed E-state index contributed by atoms with van der Waals surface area (Å²) >= 11 is 0. The lowest BCUT2D eigenvalue weighted by molar-refractivity contribution is -0.139. The Labute approximate surface area is 150 Å². The van der Waals surface area contributed by atoms with Crippen LogP contribution in [0.15, 0.2) is 60.8 Å². The second kappa shape index (κ2) is 7.74. The van der Waals surface area contributed by atoms with Gasteiger partial charge < -0.3 is 20.1 Å². The van der Waals surface area contributed by atoms with Gasteiger partial charge in [-0.05, 0) is 17.2 Å². The summed E-state index contributed by atoms with van der Waals surface area (Å²) in [5.74, 6) is -1.55. The number of para-hydroxylation sites is 1. The molecular formula is C20H20N2O4. The minimum Gasteiger partial charge on any atom is -0.480 e. The number of H-pyrrole nitrogens is 1. The zero-order valence-electron chi connectivity index (χ0n) is 14.3. The number of benzene rings is 2. The SMILES string of the molecule is CC(c1c[nH]c2ccccc12)[C@H](NC(=O)OCc1ccccc1)C(=O)O. The number of aliphatic carboxylic acids is 1. The number of carbonyl (C=O) groups is 2. The highest BCUT2D eigenvalue weighted by Gasteiger charge is 2.29. The highest BCUT2D eigenvalue weighted by atomic mass is 16.5. The molecule has 3 rings (SSSR count). The summed E-state index contributed by atoms with van der Waals surface area (Å²) in [5, 5.41) is 13.0. The number of hydrogen-bond acceptors (Lipinski definition) is 3. The highest BCUT2D eigenvalue weighted by Crippen LogP contribution is 2.27. The third-order valence-electron chi connectivity index (χ3n) is 4.36. The van der Waals surface area contributed by atoms with E-state index in [4.69, 9.17) is 4.74 Å². The predicted octanol–water partition coefficient (Wildman–Crippen LogP) is 3.65. The number of carboxylic acid groups (broad SMARTS) is 1. The van der Waals surface area contributed by atoms with E-state index in [0.717, 1.165) is 22.0 Å². The van der Waals surface area contributed by atoms with E-state index in [1.807, 2.05) is 54.6 Å². The van der Waals surface area contributed by atoms with Crippen molar-refractivity contribution in [3.63, 3.8) is 0 Å². The normalized spacial score (nSPS) is 13.1. The van der Waals surface area contributed by atoms with Crippen molar-refractivity contribution < 1.29 is 19.4 Å². The maximum Gasteiger partial charge on any atom is 0.408 e. The van der Waals surface area contributed by atoms with Crippen LogP contribution in [0, 0.1) is 0 Å². The minimum atomic E-state index is -1.11. The van der Waals surface area contributed by atoms with Gasteiger partial charge in [0.25, 0.3) is 0 Å². The van der Waals surface area contributed by atoms with Crippen LogP contribution in [0.3, 0.4) is 0 Å². The zero-order valence-corrected chi connectivity index (χ0v) is 14.3. The molecule has 1 unspecified atom stereocenters. The molecule has 6 heteroatoms. The third-order valence-corrected chi connectivity index (χ3v) is 4.36. The van der Waals surface area contributed by atoms with E-state index in [-0.39, 0.29) is 6.61 Å².